The fourth-order valence-electron chi connectivity index (χ4n) is 2.38. The van der Waals surface area contributed by atoms with E-state index in [1.54, 1.807) is 7.11 Å². The van der Waals surface area contributed by atoms with Gasteiger partial charge in [0.25, 0.3) is 0 Å². The number of nitrogens with one attached hydrogen (secondary N) is 1. The van der Waals surface area contributed by atoms with Crippen LogP contribution in [0.2, 0.25) is 0 Å². The first kappa shape index (κ1) is 19.5. The minimum atomic E-state index is -0.153. The summed E-state index contributed by atoms with van der Waals surface area (Å²) in [5.74, 6) is 0.932. The summed E-state index contributed by atoms with van der Waals surface area (Å²) < 4.78 is 7.08. The maximum atomic E-state index is 12.2. The molecule has 3 rings (SSSR count). The largest absolute Gasteiger partial charge is 0.384 e. The second-order valence-electron chi connectivity index (χ2n) is 5.50. The van der Waals surface area contributed by atoms with Gasteiger partial charge in [-0.05, 0) is 6.92 Å². The lowest BCUT2D eigenvalue weighted by molar-refractivity contribution is -0.113. The van der Waals surface area contributed by atoms with Crippen molar-refractivity contribution < 1.29 is 9.53 Å². The molecular formula is C17H20N6O2S2. The molecule has 1 aromatic carbocycles. The minimum absolute atomic E-state index is 0.153. The summed E-state index contributed by atoms with van der Waals surface area (Å²) >= 11 is 2.70. The number of nitrogens with zero attached hydrogens (tertiary/aromatic N) is 5. The monoisotopic (exact) mass is 404 g/mol. The van der Waals surface area contributed by atoms with Crippen LogP contribution >= 0.6 is 23.1 Å². The van der Waals surface area contributed by atoms with Crippen LogP contribution in [0.5, 0.6) is 0 Å². The van der Waals surface area contributed by atoms with E-state index in [4.69, 9.17) is 4.74 Å². The van der Waals surface area contributed by atoms with Crippen LogP contribution in [-0.4, -0.2) is 50.3 Å². The number of hydrogen-bond acceptors (Lipinski definition) is 8. The summed E-state index contributed by atoms with van der Waals surface area (Å²) in [5.41, 5.74) is 0.976. The average Bonchev–Trinajstić information content (AvgIpc) is 3.32. The van der Waals surface area contributed by atoms with Crippen LogP contribution in [0.4, 0.5) is 5.13 Å². The van der Waals surface area contributed by atoms with Crippen LogP contribution in [0, 0.1) is 0 Å². The van der Waals surface area contributed by atoms with Gasteiger partial charge in [0.2, 0.25) is 11.0 Å². The van der Waals surface area contributed by atoms with Gasteiger partial charge in [-0.1, -0.05) is 53.4 Å². The van der Waals surface area contributed by atoms with Crippen molar-refractivity contribution in [2.75, 3.05) is 24.8 Å². The SMILES string of the molecule is CCn1c(CCOC)nnc1SCC(=O)Nc1nnc(-c2ccccc2)s1. The molecule has 0 atom stereocenters. The van der Waals surface area contributed by atoms with Gasteiger partial charge in [-0.3, -0.25) is 10.1 Å². The average molecular weight is 405 g/mol. The van der Waals surface area contributed by atoms with Gasteiger partial charge in [0.05, 0.1) is 12.4 Å². The zero-order valence-electron chi connectivity index (χ0n) is 15.1. The number of amides is 1. The van der Waals surface area contributed by atoms with Crippen molar-refractivity contribution in [2.24, 2.45) is 0 Å². The van der Waals surface area contributed by atoms with Gasteiger partial charge in [-0.25, -0.2) is 0 Å². The van der Waals surface area contributed by atoms with Gasteiger partial charge in [-0.15, -0.1) is 20.4 Å². The van der Waals surface area contributed by atoms with Crippen LogP contribution in [0.3, 0.4) is 0 Å². The Morgan fingerprint density at radius 2 is 2.04 bits per heavy atom. The van der Waals surface area contributed by atoms with Crippen molar-refractivity contribution in [1.82, 2.24) is 25.0 Å². The highest BCUT2D eigenvalue weighted by molar-refractivity contribution is 7.99. The smallest absolute Gasteiger partial charge is 0.236 e. The van der Waals surface area contributed by atoms with Crippen molar-refractivity contribution in [2.45, 2.75) is 25.0 Å². The van der Waals surface area contributed by atoms with E-state index in [0.29, 0.717) is 18.2 Å². The van der Waals surface area contributed by atoms with Gasteiger partial charge >= 0.3 is 0 Å². The lowest BCUT2D eigenvalue weighted by Crippen LogP contribution is -2.14. The first-order valence-electron chi connectivity index (χ1n) is 8.43. The molecule has 0 aliphatic heterocycles. The van der Waals surface area contributed by atoms with Crippen molar-refractivity contribution >= 4 is 34.1 Å². The number of benzene rings is 1. The second kappa shape index (κ2) is 9.58. The molecular weight excluding hydrogens is 384 g/mol. The Hall–Kier alpha value is -2.30. The first-order chi connectivity index (χ1) is 13.2. The van der Waals surface area contributed by atoms with Gasteiger partial charge in [0.15, 0.2) is 5.16 Å². The summed E-state index contributed by atoms with van der Waals surface area (Å²) in [7, 11) is 1.66. The molecule has 0 saturated heterocycles. The first-order valence-corrected chi connectivity index (χ1v) is 10.2. The normalized spacial score (nSPS) is 10.9. The van der Waals surface area contributed by atoms with E-state index >= 15 is 0 Å². The standard InChI is InChI=1S/C17H20N6O2S2/c1-3-23-13(9-10-25-2)19-22-17(23)26-11-14(24)18-16-21-20-15(27-16)12-7-5-4-6-8-12/h4-8H,3,9-11H2,1-2H3,(H,18,21,24). The molecule has 2 aromatic heterocycles. The predicted octanol–water partition coefficient (Wildman–Crippen LogP) is 2.74. The summed E-state index contributed by atoms with van der Waals surface area (Å²) in [6.45, 7) is 3.35. The topological polar surface area (TPSA) is 94.8 Å². The van der Waals surface area contributed by atoms with Crippen LogP contribution in [0.25, 0.3) is 10.6 Å². The molecule has 8 nitrogen and oxygen atoms in total. The number of rotatable bonds is 9. The van der Waals surface area contributed by atoms with Gasteiger partial charge in [0, 0.05) is 25.6 Å². The minimum Gasteiger partial charge on any atom is -0.384 e. The number of methoxy groups -OCH3 is 1. The molecule has 3 aromatic rings. The van der Waals surface area contributed by atoms with E-state index in [1.165, 1.54) is 23.1 Å². The van der Waals surface area contributed by atoms with Crippen LogP contribution in [-0.2, 0) is 22.5 Å². The number of anilines is 1. The van der Waals surface area contributed by atoms with Crippen molar-refractivity contribution in [3.05, 3.63) is 36.2 Å². The highest BCUT2D eigenvalue weighted by Crippen LogP contribution is 2.26. The number of ether oxygens (including phenoxy) is 1. The third-order valence-electron chi connectivity index (χ3n) is 3.66. The highest BCUT2D eigenvalue weighted by Gasteiger charge is 2.14. The highest BCUT2D eigenvalue weighted by atomic mass is 32.2. The van der Waals surface area contributed by atoms with E-state index in [2.05, 4.69) is 25.7 Å². The lowest BCUT2D eigenvalue weighted by Gasteiger charge is -2.06. The molecule has 1 N–H and O–H groups in total. The van der Waals surface area contributed by atoms with Crippen LogP contribution < -0.4 is 5.32 Å². The zero-order valence-corrected chi connectivity index (χ0v) is 16.7. The lowest BCUT2D eigenvalue weighted by atomic mass is 10.2. The molecule has 27 heavy (non-hydrogen) atoms. The van der Waals surface area contributed by atoms with E-state index < -0.39 is 0 Å². The number of aromatic nitrogens is 5. The quantitative estimate of drug-likeness (QED) is 0.548. The summed E-state index contributed by atoms with van der Waals surface area (Å²) in [6.07, 6.45) is 0.692. The zero-order chi connectivity index (χ0) is 19.1. The Kier molecular flexibility index (Phi) is 6.91. The molecule has 0 bridgehead atoms. The maximum Gasteiger partial charge on any atom is 0.236 e. The third-order valence-corrected chi connectivity index (χ3v) is 5.52. The van der Waals surface area contributed by atoms with Crippen LogP contribution in [0.15, 0.2) is 35.5 Å². The molecule has 0 aliphatic rings. The fraction of sp³-hybridized carbons (Fsp3) is 0.353. The molecule has 10 heteroatoms. The number of thioether (sulfide) groups is 1. The van der Waals surface area contributed by atoms with Gasteiger partial charge in [0.1, 0.15) is 10.8 Å². The Morgan fingerprint density at radius 1 is 1.22 bits per heavy atom. The molecule has 0 unspecified atom stereocenters. The third kappa shape index (κ3) is 5.12. The number of hydrogen-bond donors (Lipinski definition) is 1. The summed E-state index contributed by atoms with van der Waals surface area (Å²) in [4.78, 5) is 12.2. The molecule has 0 radical (unpaired) electrons. The number of carbonyl (C=O) groups excluding carboxylic acids is 1. The van der Waals surface area contributed by atoms with Gasteiger partial charge in [-0.2, -0.15) is 0 Å². The molecule has 2 heterocycles. The molecule has 1 amide bonds. The van der Waals surface area contributed by atoms with E-state index in [-0.39, 0.29) is 11.7 Å². The van der Waals surface area contributed by atoms with E-state index in [9.17, 15) is 4.79 Å². The van der Waals surface area contributed by atoms with Crippen molar-refractivity contribution in [1.29, 1.82) is 0 Å². The Balaban J connectivity index is 1.56. The molecule has 0 fully saturated rings. The number of carbonyl (C=O) groups is 1. The molecule has 0 saturated carbocycles. The van der Waals surface area contributed by atoms with Gasteiger partial charge < -0.3 is 9.30 Å². The molecule has 0 aliphatic carbocycles. The summed E-state index contributed by atoms with van der Waals surface area (Å²) in [5, 5.41) is 21.3. The molecule has 142 valence electrons. The van der Waals surface area contributed by atoms with E-state index in [1.807, 2.05) is 41.8 Å². The second-order valence-corrected chi connectivity index (χ2v) is 7.42. The Labute approximate surface area is 165 Å². The van der Waals surface area contributed by atoms with Crippen molar-refractivity contribution in [3.8, 4) is 10.6 Å². The van der Waals surface area contributed by atoms with Crippen molar-refractivity contribution in [3.63, 3.8) is 0 Å². The Morgan fingerprint density at radius 3 is 2.78 bits per heavy atom. The van der Waals surface area contributed by atoms with E-state index in [0.717, 1.165) is 28.1 Å². The fourth-order valence-corrected chi connectivity index (χ4v) is 3.96. The maximum absolute atomic E-state index is 12.2. The summed E-state index contributed by atoms with van der Waals surface area (Å²) in [6, 6.07) is 9.74. The Bertz CT molecular complexity index is 881. The molecule has 0 spiro atoms. The predicted molar refractivity (Wildman–Crippen MR) is 106 cm³/mol. The van der Waals surface area contributed by atoms with Crippen LogP contribution in [0.1, 0.15) is 12.7 Å².